The van der Waals surface area contributed by atoms with Crippen LogP contribution in [0.4, 0.5) is 26.3 Å². The van der Waals surface area contributed by atoms with Gasteiger partial charge in [0.2, 0.25) is 0 Å². The van der Waals surface area contributed by atoms with Crippen LogP contribution in [0.5, 0.6) is 0 Å². The van der Waals surface area contributed by atoms with E-state index in [1.165, 1.54) is 24.3 Å². The average molecular weight is 627 g/mol. The summed E-state index contributed by atoms with van der Waals surface area (Å²) >= 11 is 0. The van der Waals surface area contributed by atoms with Gasteiger partial charge in [0.1, 0.15) is 22.7 Å². The van der Waals surface area contributed by atoms with Crippen molar-refractivity contribution in [3.8, 4) is 44.9 Å². The highest BCUT2D eigenvalue weighted by Gasteiger charge is 2.32. The summed E-state index contributed by atoms with van der Waals surface area (Å²) in [6.45, 7) is 3.92. The molecule has 0 aliphatic carbocycles. The van der Waals surface area contributed by atoms with E-state index in [1.807, 2.05) is 68.4 Å². The number of benzene rings is 5. The molecule has 7 aromatic rings. The van der Waals surface area contributed by atoms with E-state index < -0.39 is 23.5 Å². The van der Waals surface area contributed by atoms with Crippen LogP contribution in [0, 0.1) is 13.8 Å². The topological polar surface area (TPSA) is 26.3 Å². The predicted molar refractivity (Wildman–Crippen MR) is 167 cm³/mol. The first kappa shape index (κ1) is 29.5. The Hall–Kier alpha value is -5.24. The molecule has 2 aromatic heterocycles. The zero-order valence-corrected chi connectivity index (χ0v) is 24.5. The van der Waals surface area contributed by atoms with Gasteiger partial charge in [-0.2, -0.15) is 26.3 Å². The molecule has 0 aliphatic heterocycles. The van der Waals surface area contributed by atoms with Gasteiger partial charge in [-0.15, -0.1) is 0 Å². The van der Waals surface area contributed by atoms with Crippen molar-refractivity contribution in [3.63, 3.8) is 0 Å². The Labute approximate surface area is 259 Å². The van der Waals surface area contributed by atoms with Crippen molar-refractivity contribution >= 4 is 21.9 Å². The molecule has 5 aromatic carbocycles. The van der Waals surface area contributed by atoms with E-state index in [-0.39, 0.29) is 0 Å². The van der Waals surface area contributed by atoms with Crippen molar-refractivity contribution in [3.05, 3.63) is 131 Å². The summed E-state index contributed by atoms with van der Waals surface area (Å²) in [5, 5.41) is 1.42. The molecule has 8 heteroatoms. The lowest BCUT2D eigenvalue weighted by atomic mass is 9.94. The highest BCUT2D eigenvalue weighted by molar-refractivity contribution is 6.11. The maximum Gasteiger partial charge on any atom is 0.416 e. The lowest BCUT2D eigenvalue weighted by Gasteiger charge is -2.09. The second-order valence-corrected chi connectivity index (χ2v) is 11.3. The highest BCUT2D eigenvalue weighted by Crippen LogP contribution is 2.47. The molecule has 0 unspecified atom stereocenters. The first-order valence-electron chi connectivity index (χ1n) is 14.4. The van der Waals surface area contributed by atoms with Crippen molar-refractivity contribution in [2.75, 3.05) is 0 Å². The van der Waals surface area contributed by atoms with Crippen LogP contribution >= 0.6 is 0 Å². The summed E-state index contributed by atoms with van der Waals surface area (Å²) in [6, 6.07) is 28.8. The molecule has 0 radical (unpaired) electrons. The quantitative estimate of drug-likeness (QED) is 0.182. The number of aryl methyl sites for hydroxylation is 2. The van der Waals surface area contributed by atoms with Gasteiger partial charge in [-0.25, -0.2) is 0 Å². The Morgan fingerprint density at radius 2 is 0.739 bits per heavy atom. The first-order chi connectivity index (χ1) is 21.9. The molecular formula is C38H24F6O2. The Morgan fingerprint density at radius 1 is 0.413 bits per heavy atom. The van der Waals surface area contributed by atoms with E-state index in [0.717, 1.165) is 46.5 Å². The fourth-order valence-corrected chi connectivity index (χ4v) is 5.73. The Morgan fingerprint density at radius 3 is 1.07 bits per heavy atom. The van der Waals surface area contributed by atoms with E-state index in [1.54, 1.807) is 6.07 Å². The zero-order valence-electron chi connectivity index (χ0n) is 24.5. The molecular weight excluding hydrogens is 602 g/mol. The maximum absolute atomic E-state index is 13.3. The van der Waals surface area contributed by atoms with Crippen molar-refractivity contribution in [2.24, 2.45) is 0 Å². The minimum absolute atomic E-state index is 0.403. The van der Waals surface area contributed by atoms with Gasteiger partial charge in [-0.05, 0) is 55.3 Å². The van der Waals surface area contributed by atoms with Crippen molar-refractivity contribution in [2.45, 2.75) is 26.2 Å². The zero-order chi connectivity index (χ0) is 32.4. The number of fused-ring (bicyclic) bond motifs is 2. The second kappa shape index (κ2) is 10.7. The molecule has 46 heavy (non-hydrogen) atoms. The third-order valence-corrected chi connectivity index (χ3v) is 8.13. The Bertz CT molecular complexity index is 2040. The lowest BCUT2D eigenvalue weighted by Crippen LogP contribution is -2.03. The molecule has 0 saturated heterocycles. The molecule has 230 valence electrons. The van der Waals surface area contributed by atoms with Gasteiger partial charge in [0, 0.05) is 39.1 Å². The second-order valence-electron chi connectivity index (χ2n) is 11.3. The first-order valence-corrected chi connectivity index (χ1v) is 14.4. The van der Waals surface area contributed by atoms with E-state index in [2.05, 4.69) is 0 Å². The summed E-state index contributed by atoms with van der Waals surface area (Å²) < 4.78 is 92.8. The number of hydrogen-bond acceptors (Lipinski definition) is 2. The molecule has 0 amide bonds. The van der Waals surface area contributed by atoms with Gasteiger partial charge in [-0.1, -0.05) is 83.9 Å². The smallest absolute Gasteiger partial charge is 0.416 e. The molecule has 2 heterocycles. The van der Waals surface area contributed by atoms with E-state index in [4.69, 9.17) is 8.83 Å². The van der Waals surface area contributed by atoms with E-state index in [9.17, 15) is 26.3 Å². The SMILES string of the molecule is Cc1ccc(-c2c(-c3ccc(C(F)(F)F)cc3)oc3cc4oc(-c5ccc(C(F)(F)F)cc5)c(-c5ccc(C)cc5)c4cc23)cc1. The van der Waals surface area contributed by atoms with Crippen molar-refractivity contribution in [1.29, 1.82) is 0 Å². The molecule has 0 aliphatic rings. The minimum Gasteiger partial charge on any atom is -0.455 e. The predicted octanol–water partition coefficient (Wildman–Crippen LogP) is 12.5. The number of hydrogen-bond donors (Lipinski definition) is 0. The molecule has 0 spiro atoms. The van der Waals surface area contributed by atoms with Crippen molar-refractivity contribution < 1.29 is 35.2 Å². The van der Waals surface area contributed by atoms with Crippen LogP contribution in [-0.4, -0.2) is 0 Å². The van der Waals surface area contributed by atoms with E-state index >= 15 is 0 Å². The molecule has 7 rings (SSSR count). The van der Waals surface area contributed by atoms with E-state index in [0.29, 0.717) is 55.7 Å². The fourth-order valence-electron chi connectivity index (χ4n) is 5.73. The lowest BCUT2D eigenvalue weighted by molar-refractivity contribution is -0.138. The van der Waals surface area contributed by atoms with Gasteiger partial charge in [0.25, 0.3) is 0 Å². The summed E-state index contributed by atoms with van der Waals surface area (Å²) in [5.74, 6) is 0.806. The van der Waals surface area contributed by atoms with Crippen LogP contribution < -0.4 is 0 Å². The fraction of sp³-hybridized carbons (Fsp3) is 0.105. The summed E-state index contributed by atoms with van der Waals surface area (Å²) in [4.78, 5) is 0. The third kappa shape index (κ3) is 5.23. The van der Waals surface area contributed by atoms with Crippen LogP contribution in [-0.2, 0) is 12.4 Å². The normalized spacial score (nSPS) is 12.3. The van der Waals surface area contributed by atoms with Crippen LogP contribution in [0.1, 0.15) is 22.3 Å². The molecule has 0 fully saturated rings. The summed E-state index contributed by atoms with van der Waals surface area (Å²) in [6.07, 6.45) is -8.96. The molecule has 0 N–H and O–H groups in total. The number of rotatable bonds is 4. The van der Waals surface area contributed by atoms with Gasteiger partial charge < -0.3 is 8.83 Å². The molecule has 0 saturated carbocycles. The Balaban J connectivity index is 1.49. The van der Waals surface area contributed by atoms with Gasteiger partial charge >= 0.3 is 12.4 Å². The molecule has 2 nitrogen and oxygen atoms in total. The van der Waals surface area contributed by atoms with Crippen LogP contribution in [0.3, 0.4) is 0 Å². The third-order valence-electron chi connectivity index (χ3n) is 8.13. The van der Waals surface area contributed by atoms with Crippen molar-refractivity contribution in [1.82, 2.24) is 0 Å². The van der Waals surface area contributed by atoms with Gasteiger partial charge in [0.05, 0.1) is 11.1 Å². The molecule has 0 atom stereocenters. The largest absolute Gasteiger partial charge is 0.455 e. The van der Waals surface area contributed by atoms with Gasteiger partial charge in [0.15, 0.2) is 0 Å². The van der Waals surface area contributed by atoms with Crippen LogP contribution in [0.15, 0.2) is 118 Å². The molecule has 0 bridgehead atoms. The van der Waals surface area contributed by atoms with Gasteiger partial charge in [-0.3, -0.25) is 0 Å². The summed E-state index contributed by atoms with van der Waals surface area (Å²) in [7, 11) is 0. The highest BCUT2D eigenvalue weighted by atomic mass is 19.4. The Kier molecular flexibility index (Phi) is 6.85. The van der Waals surface area contributed by atoms with Crippen LogP contribution in [0.25, 0.3) is 66.8 Å². The summed E-state index contributed by atoms with van der Waals surface area (Å²) in [5.41, 5.74) is 5.39. The van der Waals surface area contributed by atoms with Crippen LogP contribution in [0.2, 0.25) is 0 Å². The average Bonchev–Trinajstić information content (AvgIpc) is 3.58. The number of alkyl halides is 6. The maximum atomic E-state index is 13.3. The standard InChI is InChI=1S/C38H24F6O2/c1-21-3-7-23(8-4-21)33-29-19-30-32(20-31(29)45-35(33)25-11-15-27(16-12-25)37(39,40)41)46-36(34(30)24-9-5-22(2)6-10-24)26-13-17-28(18-14-26)38(42,43)44/h3-20H,1-2H3. The number of furan rings is 2. The number of halogens is 6. The minimum atomic E-state index is -4.48. The monoisotopic (exact) mass is 626 g/mol.